The molecule has 2 aromatic heterocycles. The lowest BCUT2D eigenvalue weighted by Crippen LogP contribution is -2.26. The number of carbonyl (C=O) groups is 1. The Hall–Kier alpha value is -2.96. The first-order valence-corrected chi connectivity index (χ1v) is 7.32. The van der Waals surface area contributed by atoms with Crippen molar-refractivity contribution in [2.45, 2.75) is 19.6 Å². The highest BCUT2D eigenvalue weighted by atomic mass is 19.3. The summed E-state index contributed by atoms with van der Waals surface area (Å²) in [6, 6.07) is 11.2. The van der Waals surface area contributed by atoms with Crippen molar-refractivity contribution in [2.24, 2.45) is 0 Å². The zero-order chi connectivity index (χ0) is 17.1. The Morgan fingerprint density at radius 1 is 1.25 bits per heavy atom. The summed E-state index contributed by atoms with van der Waals surface area (Å²) >= 11 is 0. The van der Waals surface area contributed by atoms with Gasteiger partial charge in [-0.15, -0.1) is 0 Å². The number of aromatic nitrogens is 2. The van der Waals surface area contributed by atoms with Crippen LogP contribution >= 0.6 is 0 Å². The molecular weight excluding hydrogens is 316 g/mol. The van der Waals surface area contributed by atoms with E-state index in [-0.39, 0.29) is 17.7 Å². The van der Waals surface area contributed by atoms with Crippen molar-refractivity contribution in [2.75, 3.05) is 0 Å². The number of nitrogens with zero attached hydrogens (tertiary/aromatic N) is 2. The molecule has 124 valence electrons. The van der Waals surface area contributed by atoms with E-state index in [1.165, 1.54) is 12.1 Å². The van der Waals surface area contributed by atoms with Crippen LogP contribution in [0.3, 0.4) is 0 Å². The highest BCUT2D eigenvalue weighted by molar-refractivity contribution is 5.94. The molecule has 0 aliphatic rings. The molecule has 0 aliphatic carbocycles. The van der Waals surface area contributed by atoms with Gasteiger partial charge in [0.1, 0.15) is 5.75 Å². The molecule has 7 heteroatoms. The molecule has 24 heavy (non-hydrogen) atoms. The number of hydrogen-bond acceptors (Lipinski definition) is 3. The maximum Gasteiger partial charge on any atom is 0.387 e. The third-order valence-electron chi connectivity index (χ3n) is 3.59. The summed E-state index contributed by atoms with van der Waals surface area (Å²) in [5.74, 6) is -0.221. The molecule has 1 aromatic carbocycles. The van der Waals surface area contributed by atoms with E-state index < -0.39 is 6.61 Å². The quantitative estimate of drug-likeness (QED) is 0.779. The highest BCUT2D eigenvalue weighted by Crippen LogP contribution is 2.21. The second-order valence-electron chi connectivity index (χ2n) is 5.26. The summed E-state index contributed by atoms with van der Waals surface area (Å²) in [4.78, 5) is 12.4. The molecule has 0 bridgehead atoms. The molecule has 3 aromatic rings. The summed E-state index contributed by atoms with van der Waals surface area (Å²) in [6.45, 7) is -1.11. The van der Waals surface area contributed by atoms with E-state index in [2.05, 4.69) is 15.2 Å². The number of nitrogens with one attached hydrogen (secondary N) is 1. The van der Waals surface area contributed by atoms with E-state index >= 15 is 0 Å². The molecule has 0 spiro atoms. The average molecular weight is 331 g/mol. The van der Waals surface area contributed by atoms with Gasteiger partial charge < -0.3 is 10.1 Å². The van der Waals surface area contributed by atoms with Crippen molar-refractivity contribution in [1.82, 2.24) is 14.9 Å². The number of pyridine rings is 1. The Kier molecular flexibility index (Phi) is 4.41. The van der Waals surface area contributed by atoms with E-state index in [4.69, 9.17) is 0 Å². The first-order chi connectivity index (χ1) is 11.5. The Labute approximate surface area is 136 Å². The fourth-order valence-corrected chi connectivity index (χ4v) is 2.37. The second-order valence-corrected chi connectivity index (χ2v) is 5.26. The van der Waals surface area contributed by atoms with Crippen LogP contribution in [0, 0.1) is 0 Å². The topological polar surface area (TPSA) is 55.6 Å². The van der Waals surface area contributed by atoms with Gasteiger partial charge in [-0.3, -0.25) is 4.79 Å². The summed E-state index contributed by atoms with van der Waals surface area (Å²) < 4.78 is 30.6. The molecule has 0 radical (unpaired) electrons. The van der Waals surface area contributed by atoms with Gasteiger partial charge in [-0.25, -0.2) is 4.52 Å². The van der Waals surface area contributed by atoms with Crippen molar-refractivity contribution < 1.29 is 18.3 Å². The van der Waals surface area contributed by atoms with Crippen LogP contribution in [0.15, 0.2) is 54.9 Å². The van der Waals surface area contributed by atoms with E-state index in [1.807, 2.05) is 6.07 Å². The molecule has 5 nitrogen and oxygen atoms in total. The van der Waals surface area contributed by atoms with E-state index in [0.29, 0.717) is 11.1 Å². The summed E-state index contributed by atoms with van der Waals surface area (Å²) in [6.07, 6.45) is 3.28. The third-order valence-corrected chi connectivity index (χ3v) is 3.59. The highest BCUT2D eigenvalue weighted by Gasteiger charge is 2.13. The van der Waals surface area contributed by atoms with E-state index in [0.717, 1.165) is 5.52 Å². The predicted octanol–water partition coefficient (Wildman–Crippen LogP) is 3.43. The first-order valence-electron chi connectivity index (χ1n) is 7.32. The number of alkyl halides is 2. The SMILES string of the molecule is CC(NC(=O)c1ccc2ccnn2c1)c1cccc(OC(F)F)c1. The van der Waals surface area contributed by atoms with Crippen LogP contribution in [-0.2, 0) is 0 Å². The minimum Gasteiger partial charge on any atom is -0.435 e. The smallest absolute Gasteiger partial charge is 0.387 e. The third kappa shape index (κ3) is 3.51. The molecule has 2 heterocycles. The largest absolute Gasteiger partial charge is 0.435 e. The number of benzene rings is 1. The number of rotatable bonds is 5. The van der Waals surface area contributed by atoms with Gasteiger partial charge in [0.2, 0.25) is 0 Å². The number of halogens is 2. The molecule has 1 unspecified atom stereocenters. The number of hydrogen-bond donors (Lipinski definition) is 1. The minimum absolute atomic E-state index is 0.0570. The Bertz CT molecular complexity index is 864. The Morgan fingerprint density at radius 2 is 2.08 bits per heavy atom. The van der Waals surface area contributed by atoms with Crippen molar-refractivity contribution in [3.8, 4) is 5.75 Å². The molecule has 0 aliphatic heterocycles. The maximum absolute atomic E-state index is 12.4. The standard InChI is InChI=1S/C17H15F2N3O2/c1-11(12-3-2-4-15(9-12)24-17(18)19)21-16(23)13-5-6-14-7-8-20-22(14)10-13/h2-11,17H,1H3,(H,21,23). The van der Waals surface area contributed by atoms with Crippen molar-refractivity contribution in [1.29, 1.82) is 0 Å². The fraction of sp³-hybridized carbons (Fsp3) is 0.176. The number of ether oxygens (including phenoxy) is 1. The fourth-order valence-electron chi connectivity index (χ4n) is 2.37. The molecule has 0 fully saturated rings. The second kappa shape index (κ2) is 6.66. The molecule has 1 atom stereocenters. The van der Waals surface area contributed by atoms with Gasteiger partial charge in [0.15, 0.2) is 0 Å². The predicted molar refractivity (Wildman–Crippen MR) is 84.1 cm³/mol. The van der Waals surface area contributed by atoms with Gasteiger partial charge in [-0.05, 0) is 42.8 Å². The molecular formula is C17H15F2N3O2. The van der Waals surface area contributed by atoms with Crippen LogP contribution in [-0.4, -0.2) is 22.1 Å². The maximum atomic E-state index is 12.4. The van der Waals surface area contributed by atoms with Crippen LogP contribution in [0.2, 0.25) is 0 Å². The lowest BCUT2D eigenvalue weighted by molar-refractivity contribution is -0.0499. The van der Waals surface area contributed by atoms with Crippen LogP contribution in [0.4, 0.5) is 8.78 Å². The van der Waals surface area contributed by atoms with Crippen molar-refractivity contribution >= 4 is 11.4 Å². The van der Waals surface area contributed by atoms with E-state index in [9.17, 15) is 13.6 Å². The minimum atomic E-state index is -2.88. The summed E-state index contributed by atoms with van der Waals surface area (Å²) in [5.41, 5.74) is 2.01. The lowest BCUT2D eigenvalue weighted by Gasteiger charge is -2.15. The van der Waals surface area contributed by atoms with Crippen LogP contribution in [0.5, 0.6) is 5.75 Å². The lowest BCUT2D eigenvalue weighted by atomic mass is 10.1. The number of amides is 1. The number of fused-ring (bicyclic) bond motifs is 1. The van der Waals surface area contributed by atoms with Crippen LogP contribution in [0.1, 0.15) is 28.9 Å². The van der Waals surface area contributed by atoms with Crippen LogP contribution < -0.4 is 10.1 Å². The van der Waals surface area contributed by atoms with Crippen molar-refractivity contribution in [3.05, 3.63) is 66.0 Å². The van der Waals surface area contributed by atoms with Crippen molar-refractivity contribution in [3.63, 3.8) is 0 Å². The van der Waals surface area contributed by atoms with Gasteiger partial charge >= 0.3 is 6.61 Å². The molecule has 0 saturated carbocycles. The summed E-state index contributed by atoms with van der Waals surface area (Å²) in [7, 11) is 0. The zero-order valence-electron chi connectivity index (χ0n) is 12.8. The van der Waals surface area contributed by atoms with Gasteiger partial charge in [0.05, 0.1) is 17.1 Å². The molecule has 1 amide bonds. The zero-order valence-corrected chi connectivity index (χ0v) is 12.8. The van der Waals surface area contributed by atoms with Crippen LogP contribution in [0.25, 0.3) is 5.52 Å². The van der Waals surface area contributed by atoms with E-state index in [1.54, 1.807) is 48.1 Å². The molecule has 1 N–H and O–H groups in total. The first kappa shape index (κ1) is 15.9. The van der Waals surface area contributed by atoms with Gasteiger partial charge in [-0.1, -0.05) is 12.1 Å². The monoisotopic (exact) mass is 331 g/mol. The molecule has 0 saturated heterocycles. The number of carbonyl (C=O) groups excluding carboxylic acids is 1. The average Bonchev–Trinajstić information content (AvgIpc) is 3.02. The van der Waals surface area contributed by atoms with Gasteiger partial charge in [-0.2, -0.15) is 13.9 Å². The summed E-state index contributed by atoms with van der Waals surface area (Å²) in [5, 5.41) is 6.91. The Balaban J connectivity index is 1.73. The molecule has 3 rings (SSSR count). The van der Waals surface area contributed by atoms with Gasteiger partial charge in [0.25, 0.3) is 5.91 Å². The Morgan fingerprint density at radius 3 is 2.88 bits per heavy atom. The van der Waals surface area contributed by atoms with Gasteiger partial charge in [0, 0.05) is 12.4 Å². The normalized spacial score (nSPS) is 12.3.